The van der Waals surface area contributed by atoms with E-state index in [0.717, 1.165) is 62.3 Å². The van der Waals surface area contributed by atoms with E-state index in [1.807, 2.05) is 18.2 Å². The Morgan fingerprint density at radius 2 is 2.00 bits per heavy atom. The summed E-state index contributed by atoms with van der Waals surface area (Å²) in [4.78, 5) is 19.7. The van der Waals surface area contributed by atoms with Crippen molar-refractivity contribution in [2.75, 3.05) is 40.3 Å². The molecule has 1 saturated heterocycles. The van der Waals surface area contributed by atoms with Gasteiger partial charge in [0.15, 0.2) is 0 Å². The maximum atomic E-state index is 12.6. The summed E-state index contributed by atoms with van der Waals surface area (Å²) in [5.41, 5.74) is 2.69. The fraction of sp³-hybridized carbons (Fsp3) is 0.652. The number of carbonyl (C=O) groups excluding carboxylic acids is 1. The molecular formula is C23H36N4O2. The van der Waals surface area contributed by atoms with Gasteiger partial charge in [-0.3, -0.25) is 0 Å². The maximum Gasteiger partial charge on any atom is 0.338 e. The van der Waals surface area contributed by atoms with Crippen LogP contribution in [0.5, 0.6) is 0 Å². The average Bonchev–Trinajstić information content (AvgIpc) is 2.99. The molecule has 1 aliphatic heterocycles. The van der Waals surface area contributed by atoms with Crippen molar-refractivity contribution >= 4 is 17.0 Å². The highest BCUT2D eigenvalue weighted by Crippen LogP contribution is 2.25. The number of imidazole rings is 1. The summed E-state index contributed by atoms with van der Waals surface area (Å²) in [6.07, 6.45) is 3.03. The van der Waals surface area contributed by atoms with Gasteiger partial charge in [-0.05, 0) is 69.6 Å². The lowest BCUT2D eigenvalue weighted by atomic mass is 9.92. The Hall–Kier alpha value is -1.92. The van der Waals surface area contributed by atoms with Crippen LogP contribution in [0.25, 0.3) is 11.0 Å². The molecule has 0 unspecified atom stereocenters. The van der Waals surface area contributed by atoms with Crippen molar-refractivity contribution in [3.05, 3.63) is 29.6 Å². The lowest BCUT2D eigenvalue weighted by Gasteiger charge is -2.22. The van der Waals surface area contributed by atoms with E-state index >= 15 is 0 Å². The van der Waals surface area contributed by atoms with Gasteiger partial charge in [0.05, 0.1) is 23.2 Å². The van der Waals surface area contributed by atoms with Crippen LogP contribution in [0.15, 0.2) is 18.2 Å². The highest BCUT2D eigenvalue weighted by molar-refractivity contribution is 5.93. The average molecular weight is 401 g/mol. The van der Waals surface area contributed by atoms with Crippen LogP contribution in [-0.4, -0.2) is 60.8 Å². The summed E-state index contributed by atoms with van der Waals surface area (Å²) in [6, 6.07) is 5.78. The number of benzene rings is 1. The SMILES string of the molecule is CN(C)CCn1c(CC(C)(C)C)nc2cc(C(=O)OCC3CCNCC3)ccc21. The molecule has 1 fully saturated rings. The van der Waals surface area contributed by atoms with Crippen LogP contribution < -0.4 is 5.32 Å². The van der Waals surface area contributed by atoms with Crippen molar-refractivity contribution in [2.45, 2.75) is 46.6 Å². The first kappa shape index (κ1) is 21.8. The quantitative estimate of drug-likeness (QED) is 0.723. The molecule has 6 heteroatoms. The van der Waals surface area contributed by atoms with Crippen molar-refractivity contribution in [3.63, 3.8) is 0 Å². The number of esters is 1. The van der Waals surface area contributed by atoms with E-state index in [4.69, 9.17) is 9.72 Å². The third kappa shape index (κ3) is 6.03. The monoisotopic (exact) mass is 400 g/mol. The van der Waals surface area contributed by atoms with E-state index in [2.05, 4.69) is 49.7 Å². The van der Waals surface area contributed by atoms with Crippen LogP contribution in [0.4, 0.5) is 0 Å². The Kier molecular flexibility index (Phi) is 6.96. The molecule has 3 rings (SSSR count). The molecule has 0 bridgehead atoms. The van der Waals surface area contributed by atoms with Crippen molar-refractivity contribution < 1.29 is 9.53 Å². The molecule has 29 heavy (non-hydrogen) atoms. The minimum Gasteiger partial charge on any atom is -0.462 e. The van der Waals surface area contributed by atoms with Crippen molar-refractivity contribution in [2.24, 2.45) is 11.3 Å². The van der Waals surface area contributed by atoms with Crippen LogP contribution in [0.2, 0.25) is 0 Å². The molecule has 1 aromatic heterocycles. The van der Waals surface area contributed by atoms with Gasteiger partial charge in [0, 0.05) is 19.5 Å². The third-order valence-electron chi connectivity index (χ3n) is 5.43. The maximum absolute atomic E-state index is 12.6. The second kappa shape index (κ2) is 9.26. The molecule has 0 atom stereocenters. The Labute approximate surface area is 174 Å². The van der Waals surface area contributed by atoms with E-state index in [1.165, 1.54) is 0 Å². The molecule has 0 radical (unpaired) electrons. The molecule has 0 aliphatic carbocycles. The number of fused-ring (bicyclic) bond motifs is 1. The smallest absolute Gasteiger partial charge is 0.338 e. The van der Waals surface area contributed by atoms with Gasteiger partial charge >= 0.3 is 5.97 Å². The molecule has 1 N–H and O–H groups in total. The molecular weight excluding hydrogens is 364 g/mol. The second-order valence-electron chi connectivity index (χ2n) is 9.72. The van der Waals surface area contributed by atoms with E-state index in [1.54, 1.807) is 0 Å². The first-order valence-electron chi connectivity index (χ1n) is 10.7. The number of nitrogens with zero attached hydrogens (tertiary/aromatic N) is 3. The van der Waals surface area contributed by atoms with Crippen molar-refractivity contribution in [1.82, 2.24) is 19.8 Å². The van der Waals surface area contributed by atoms with E-state index in [-0.39, 0.29) is 11.4 Å². The first-order valence-corrected chi connectivity index (χ1v) is 10.7. The normalized spacial score (nSPS) is 15.9. The van der Waals surface area contributed by atoms with Gasteiger partial charge in [-0.1, -0.05) is 20.8 Å². The number of ether oxygens (including phenoxy) is 1. The molecule has 2 aromatic rings. The van der Waals surface area contributed by atoms with E-state index in [9.17, 15) is 4.79 Å². The van der Waals surface area contributed by atoms with E-state index < -0.39 is 0 Å². The van der Waals surface area contributed by atoms with Gasteiger partial charge in [-0.2, -0.15) is 0 Å². The molecule has 0 saturated carbocycles. The summed E-state index contributed by atoms with van der Waals surface area (Å²) in [7, 11) is 4.16. The largest absolute Gasteiger partial charge is 0.462 e. The van der Waals surface area contributed by atoms with Crippen LogP contribution in [0.1, 0.15) is 49.8 Å². The van der Waals surface area contributed by atoms with E-state index in [0.29, 0.717) is 18.1 Å². The van der Waals surface area contributed by atoms with Gasteiger partial charge in [0.25, 0.3) is 0 Å². The van der Waals surface area contributed by atoms with Crippen molar-refractivity contribution in [1.29, 1.82) is 0 Å². The Morgan fingerprint density at radius 3 is 2.66 bits per heavy atom. The topological polar surface area (TPSA) is 59.4 Å². The van der Waals surface area contributed by atoms with Gasteiger partial charge in [0.1, 0.15) is 5.82 Å². The lowest BCUT2D eigenvalue weighted by molar-refractivity contribution is 0.0416. The molecule has 1 aliphatic rings. The van der Waals surface area contributed by atoms with Crippen LogP contribution in [0, 0.1) is 11.3 Å². The number of aromatic nitrogens is 2. The van der Waals surface area contributed by atoms with Crippen LogP contribution >= 0.6 is 0 Å². The summed E-state index contributed by atoms with van der Waals surface area (Å²) >= 11 is 0. The molecule has 0 amide bonds. The Morgan fingerprint density at radius 1 is 1.28 bits per heavy atom. The third-order valence-corrected chi connectivity index (χ3v) is 5.43. The molecule has 1 aromatic carbocycles. The number of rotatable bonds is 7. The number of hydrogen-bond donors (Lipinski definition) is 1. The number of piperidine rings is 1. The fourth-order valence-corrected chi connectivity index (χ4v) is 3.79. The van der Waals surface area contributed by atoms with Gasteiger partial charge < -0.3 is 19.5 Å². The number of carbonyl (C=O) groups is 1. The standard InChI is InChI=1S/C23H36N4O2/c1-23(2,3)15-21-25-19-14-18(6-7-20(19)27(21)13-12-26(4)5)22(28)29-16-17-8-10-24-11-9-17/h6-7,14,17,24H,8-13,15-16H2,1-5H3. The molecule has 2 heterocycles. The summed E-state index contributed by atoms with van der Waals surface area (Å²) in [6.45, 7) is 11.0. The molecule has 160 valence electrons. The van der Waals surface area contributed by atoms with Gasteiger partial charge in [-0.25, -0.2) is 9.78 Å². The molecule has 6 nitrogen and oxygen atoms in total. The minimum atomic E-state index is -0.245. The number of likely N-dealkylation sites (N-methyl/N-ethyl adjacent to an activating group) is 1. The zero-order valence-corrected chi connectivity index (χ0v) is 18.6. The zero-order chi connectivity index (χ0) is 21.0. The molecule has 0 spiro atoms. The zero-order valence-electron chi connectivity index (χ0n) is 18.6. The summed E-state index contributed by atoms with van der Waals surface area (Å²) in [5, 5.41) is 3.34. The second-order valence-corrected chi connectivity index (χ2v) is 9.72. The van der Waals surface area contributed by atoms with Gasteiger partial charge in [-0.15, -0.1) is 0 Å². The first-order chi connectivity index (χ1) is 13.7. The number of hydrogen-bond acceptors (Lipinski definition) is 5. The fourth-order valence-electron chi connectivity index (χ4n) is 3.79. The summed E-state index contributed by atoms with van der Waals surface area (Å²) in [5.74, 6) is 1.30. The number of nitrogens with one attached hydrogen (secondary N) is 1. The predicted octanol–water partition coefficient (Wildman–Crippen LogP) is 3.34. The Balaban J connectivity index is 1.79. The van der Waals surface area contributed by atoms with Crippen LogP contribution in [0.3, 0.4) is 0 Å². The minimum absolute atomic E-state index is 0.147. The highest BCUT2D eigenvalue weighted by atomic mass is 16.5. The van der Waals surface area contributed by atoms with Crippen LogP contribution in [-0.2, 0) is 17.7 Å². The van der Waals surface area contributed by atoms with Crippen molar-refractivity contribution in [3.8, 4) is 0 Å². The predicted molar refractivity (Wildman–Crippen MR) is 117 cm³/mol. The van der Waals surface area contributed by atoms with Gasteiger partial charge in [0.2, 0.25) is 0 Å². The lowest BCUT2D eigenvalue weighted by Crippen LogP contribution is -2.30. The summed E-state index contributed by atoms with van der Waals surface area (Å²) < 4.78 is 7.90. The highest BCUT2D eigenvalue weighted by Gasteiger charge is 2.20. The Bertz CT molecular complexity index is 829.